The minimum atomic E-state index is 0.156. The summed E-state index contributed by atoms with van der Waals surface area (Å²) in [5.41, 5.74) is 8.49. The molecule has 4 aromatic carbocycles. The molecule has 0 unspecified atom stereocenters. The topological polar surface area (TPSA) is 84.5 Å². The Balaban J connectivity index is 1.80. The summed E-state index contributed by atoms with van der Waals surface area (Å²) in [6.45, 7) is 0. The second-order valence-corrected chi connectivity index (χ2v) is 6.33. The fraction of sp³-hybridized carbons (Fsp3) is 0. The van der Waals surface area contributed by atoms with Gasteiger partial charge in [-0.1, -0.05) is 54.6 Å². The van der Waals surface area contributed by atoms with Crippen LogP contribution in [0.4, 0.5) is 11.4 Å². The van der Waals surface area contributed by atoms with Gasteiger partial charge in [0.15, 0.2) is 18.5 Å². The number of fused-ring (bicyclic) bond motifs is 2. The molecule has 28 heavy (non-hydrogen) atoms. The Bertz CT molecular complexity index is 1250. The molecule has 0 aliphatic heterocycles. The third-order valence-corrected chi connectivity index (χ3v) is 4.64. The maximum Gasteiger partial charge on any atom is 0.198 e. The van der Waals surface area contributed by atoms with Crippen LogP contribution in [-0.2, 0) is 0 Å². The lowest BCUT2D eigenvalue weighted by atomic mass is 10.0. The number of nitrogens with one attached hydrogen (secondary N) is 1. The molecule has 5 nitrogen and oxygen atoms in total. The van der Waals surface area contributed by atoms with Gasteiger partial charge in [0.25, 0.3) is 0 Å². The van der Waals surface area contributed by atoms with Gasteiger partial charge in [0, 0.05) is 27.6 Å². The van der Waals surface area contributed by atoms with Gasteiger partial charge in [-0.05, 0) is 29.0 Å². The summed E-state index contributed by atoms with van der Waals surface area (Å²) in [5.74, 6) is 0.156. The highest BCUT2D eigenvalue weighted by Crippen LogP contribution is 2.30. The lowest BCUT2D eigenvalue weighted by Gasteiger charge is -2.12. The number of carbonyl (C=O) groups excluding carboxylic acids is 2. The van der Waals surface area contributed by atoms with Crippen molar-refractivity contribution in [1.29, 1.82) is 0 Å². The maximum atomic E-state index is 11.5. The predicted octanol–water partition coefficient (Wildman–Crippen LogP) is 4.68. The lowest BCUT2D eigenvalue weighted by molar-refractivity contribution is 0.111. The van der Waals surface area contributed by atoms with E-state index >= 15 is 0 Å². The number of nitrogens with zero attached hydrogens (tertiary/aromatic N) is 1. The molecule has 4 rings (SSSR count). The molecule has 0 heterocycles. The van der Waals surface area contributed by atoms with Gasteiger partial charge in [-0.3, -0.25) is 9.59 Å². The van der Waals surface area contributed by atoms with Gasteiger partial charge in [0.05, 0.1) is 5.69 Å². The number of aldehydes is 2. The molecule has 0 aliphatic carbocycles. The molecule has 0 saturated carbocycles. The Morgan fingerprint density at radius 3 is 2.14 bits per heavy atom. The molecule has 0 spiro atoms. The average molecular weight is 367 g/mol. The molecule has 0 aromatic heterocycles. The minimum Gasteiger partial charge on any atom is -0.369 e. The van der Waals surface area contributed by atoms with Crippen LogP contribution in [0.25, 0.3) is 21.5 Å². The van der Waals surface area contributed by atoms with Gasteiger partial charge in [0.1, 0.15) is 0 Å². The zero-order chi connectivity index (χ0) is 19.5. The van der Waals surface area contributed by atoms with Crippen LogP contribution < -0.4 is 11.1 Å². The van der Waals surface area contributed by atoms with Crippen LogP contribution >= 0.6 is 0 Å². The molecule has 0 aliphatic rings. The van der Waals surface area contributed by atoms with Crippen LogP contribution in [0.3, 0.4) is 0 Å². The molecule has 0 fully saturated rings. The van der Waals surface area contributed by atoms with Crippen LogP contribution in [0.5, 0.6) is 0 Å². The summed E-state index contributed by atoms with van der Waals surface area (Å²) in [5, 5.41) is 6.60. The number of aliphatic imine (C=N–C) groups is 1. The standard InChI is InChI=1S/C23H17N3O2/c24-23(25-21-12-11-16(13-27)18-6-3-4-8-20(18)21)26-22-17(14-28)10-9-15-5-1-2-7-19(15)22/h1-14H,(H3,24,25,26). The highest BCUT2D eigenvalue weighted by atomic mass is 16.1. The quantitative estimate of drug-likeness (QED) is 0.312. The fourth-order valence-corrected chi connectivity index (χ4v) is 3.31. The van der Waals surface area contributed by atoms with E-state index in [9.17, 15) is 9.59 Å². The molecule has 0 bridgehead atoms. The summed E-state index contributed by atoms with van der Waals surface area (Å²) < 4.78 is 0. The van der Waals surface area contributed by atoms with E-state index in [0.717, 1.165) is 39.8 Å². The number of guanidine groups is 1. The number of hydrogen-bond donors (Lipinski definition) is 2. The van der Waals surface area contributed by atoms with E-state index in [1.54, 1.807) is 18.2 Å². The van der Waals surface area contributed by atoms with Gasteiger partial charge in [-0.15, -0.1) is 0 Å². The summed E-state index contributed by atoms with van der Waals surface area (Å²) in [6, 6.07) is 22.4. The molecule has 5 heteroatoms. The first-order chi connectivity index (χ1) is 13.7. The first-order valence-electron chi connectivity index (χ1n) is 8.76. The Kier molecular flexibility index (Phi) is 4.56. The van der Waals surface area contributed by atoms with Crippen LogP contribution in [-0.4, -0.2) is 18.5 Å². The SMILES string of the molecule is NC(=Nc1c(C=O)ccc2ccccc12)Nc1ccc(C=O)c2ccccc12. The highest BCUT2D eigenvalue weighted by molar-refractivity contribution is 6.09. The highest BCUT2D eigenvalue weighted by Gasteiger charge is 2.09. The second kappa shape index (κ2) is 7.32. The average Bonchev–Trinajstić information content (AvgIpc) is 2.74. The lowest BCUT2D eigenvalue weighted by Crippen LogP contribution is -2.22. The number of hydrogen-bond acceptors (Lipinski definition) is 3. The third-order valence-electron chi connectivity index (χ3n) is 4.64. The van der Waals surface area contributed by atoms with Gasteiger partial charge >= 0.3 is 0 Å². The van der Waals surface area contributed by atoms with Crippen molar-refractivity contribution in [3.05, 3.63) is 83.9 Å². The first kappa shape index (κ1) is 17.4. The van der Waals surface area contributed by atoms with Crippen LogP contribution in [0.15, 0.2) is 77.8 Å². The van der Waals surface area contributed by atoms with E-state index in [0.29, 0.717) is 16.8 Å². The van der Waals surface area contributed by atoms with E-state index in [-0.39, 0.29) is 5.96 Å². The smallest absolute Gasteiger partial charge is 0.198 e. The minimum absolute atomic E-state index is 0.156. The van der Waals surface area contributed by atoms with Gasteiger partial charge in [0.2, 0.25) is 0 Å². The number of benzene rings is 4. The van der Waals surface area contributed by atoms with E-state index in [4.69, 9.17) is 5.73 Å². The molecule has 0 radical (unpaired) electrons. The molecule has 0 amide bonds. The number of carbonyl (C=O) groups is 2. The molecular weight excluding hydrogens is 350 g/mol. The maximum absolute atomic E-state index is 11.5. The Hall–Kier alpha value is -3.99. The van der Waals surface area contributed by atoms with Crippen LogP contribution in [0.1, 0.15) is 20.7 Å². The Labute approximate surface area is 161 Å². The number of nitrogens with two attached hydrogens (primary N) is 1. The Morgan fingerprint density at radius 1 is 0.750 bits per heavy atom. The van der Waals surface area contributed by atoms with Crippen molar-refractivity contribution in [2.45, 2.75) is 0 Å². The monoisotopic (exact) mass is 367 g/mol. The first-order valence-corrected chi connectivity index (χ1v) is 8.76. The van der Waals surface area contributed by atoms with Crippen LogP contribution in [0, 0.1) is 0 Å². The van der Waals surface area contributed by atoms with Gasteiger partial charge in [-0.25, -0.2) is 4.99 Å². The third kappa shape index (κ3) is 3.10. The fourth-order valence-electron chi connectivity index (χ4n) is 3.31. The van der Waals surface area contributed by atoms with E-state index in [1.807, 2.05) is 54.6 Å². The van der Waals surface area contributed by atoms with Gasteiger partial charge < -0.3 is 11.1 Å². The van der Waals surface area contributed by atoms with Gasteiger partial charge in [-0.2, -0.15) is 0 Å². The summed E-state index contributed by atoms with van der Waals surface area (Å²) >= 11 is 0. The largest absolute Gasteiger partial charge is 0.369 e. The molecule has 0 saturated heterocycles. The molecule has 3 N–H and O–H groups in total. The van der Waals surface area contributed by atoms with E-state index in [2.05, 4.69) is 10.3 Å². The van der Waals surface area contributed by atoms with Crippen molar-refractivity contribution in [2.75, 3.05) is 5.32 Å². The zero-order valence-electron chi connectivity index (χ0n) is 14.9. The Morgan fingerprint density at radius 2 is 1.39 bits per heavy atom. The van der Waals surface area contributed by atoms with Crippen molar-refractivity contribution in [3.8, 4) is 0 Å². The second-order valence-electron chi connectivity index (χ2n) is 6.33. The van der Waals surface area contributed by atoms with Crippen molar-refractivity contribution in [1.82, 2.24) is 0 Å². The summed E-state index contributed by atoms with van der Waals surface area (Å²) in [7, 11) is 0. The summed E-state index contributed by atoms with van der Waals surface area (Å²) in [6.07, 6.45) is 1.60. The van der Waals surface area contributed by atoms with E-state index in [1.165, 1.54) is 0 Å². The van der Waals surface area contributed by atoms with Crippen LogP contribution in [0.2, 0.25) is 0 Å². The van der Waals surface area contributed by atoms with Crippen molar-refractivity contribution in [3.63, 3.8) is 0 Å². The normalized spacial score (nSPS) is 11.5. The molecule has 136 valence electrons. The van der Waals surface area contributed by atoms with Crippen molar-refractivity contribution in [2.24, 2.45) is 10.7 Å². The molecule has 0 atom stereocenters. The molecule has 4 aromatic rings. The number of rotatable bonds is 4. The number of anilines is 1. The summed E-state index contributed by atoms with van der Waals surface area (Å²) in [4.78, 5) is 27.3. The molecular formula is C23H17N3O2. The zero-order valence-corrected chi connectivity index (χ0v) is 14.9. The van der Waals surface area contributed by atoms with Crippen molar-refractivity contribution >= 4 is 51.5 Å². The van der Waals surface area contributed by atoms with E-state index < -0.39 is 0 Å². The predicted molar refractivity (Wildman–Crippen MR) is 114 cm³/mol. The van der Waals surface area contributed by atoms with Crippen molar-refractivity contribution < 1.29 is 9.59 Å².